The Morgan fingerprint density at radius 2 is 2.07 bits per heavy atom. The highest BCUT2D eigenvalue weighted by Crippen LogP contribution is 2.28. The zero-order valence-electron chi connectivity index (χ0n) is 15.2. The van der Waals surface area contributed by atoms with Crippen LogP contribution >= 0.6 is 0 Å². The molecule has 2 atom stereocenters. The van der Waals surface area contributed by atoms with Crippen LogP contribution < -0.4 is 10.2 Å². The van der Waals surface area contributed by atoms with Gasteiger partial charge >= 0.3 is 6.03 Å². The summed E-state index contributed by atoms with van der Waals surface area (Å²) in [4.78, 5) is 44.5. The average Bonchev–Trinajstić information content (AvgIpc) is 3.29. The molecule has 3 aliphatic heterocycles. The molecular weight excluding hydrogens is 367 g/mol. The van der Waals surface area contributed by atoms with Crippen LogP contribution in [-0.2, 0) is 14.3 Å². The van der Waals surface area contributed by atoms with Crippen molar-refractivity contribution in [3.8, 4) is 0 Å². The van der Waals surface area contributed by atoms with E-state index in [0.717, 1.165) is 29.9 Å². The van der Waals surface area contributed by atoms with Crippen LogP contribution in [0, 0.1) is 5.82 Å². The van der Waals surface area contributed by atoms with Gasteiger partial charge in [0.1, 0.15) is 5.82 Å². The third-order valence-electron chi connectivity index (χ3n) is 4.98. The maximum atomic E-state index is 13.2. The summed E-state index contributed by atoms with van der Waals surface area (Å²) >= 11 is 0. The van der Waals surface area contributed by atoms with E-state index in [1.54, 1.807) is 11.9 Å². The fraction of sp³-hybridized carbons (Fsp3) is 0.368. The van der Waals surface area contributed by atoms with Gasteiger partial charge < -0.3 is 15.0 Å². The number of anilines is 1. The van der Waals surface area contributed by atoms with Crippen LogP contribution in [0.3, 0.4) is 0 Å². The molecule has 0 spiro atoms. The Morgan fingerprint density at radius 3 is 2.75 bits per heavy atom. The molecule has 0 bridgehead atoms. The van der Waals surface area contributed by atoms with E-state index in [4.69, 9.17) is 4.74 Å². The molecule has 1 aromatic carbocycles. The number of hydrogen-bond acceptors (Lipinski definition) is 5. The predicted octanol–water partition coefficient (Wildman–Crippen LogP) is 1.23. The van der Waals surface area contributed by atoms with Gasteiger partial charge in [0.2, 0.25) is 0 Å². The molecular formula is C19H19FN4O4. The van der Waals surface area contributed by atoms with E-state index in [9.17, 15) is 18.8 Å². The number of imide groups is 1. The van der Waals surface area contributed by atoms with Gasteiger partial charge in [0.15, 0.2) is 6.04 Å². The second-order valence-corrected chi connectivity index (χ2v) is 6.89. The van der Waals surface area contributed by atoms with Crippen LogP contribution in [0.5, 0.6) is 0 Å². The Morgan fingerprint density at radius 1 is 1.32 bits per heavy atom. The molecule has 4 rings (SSSR count). The zero-order chi connectivity index (χ0) is 19.8. The van der Waals surface area contributed by atoms with E-state index in [1.165, 1.54) is 18.3 Å². The van der Waals surface area contributed by atoms with Gasteiger partial charge in [-0.2, -0.15) is 4.99 Å². The number of benzene rings is 1. The number of carbonyl (C=O) groups is 3. The molecule has 146 valence electrons. The summed E-state index contributed by atoms with van der Waals surface area (Å²) in [7, 11) is 1.64. The van der Waals surface area contributed by atoms with Crippen molar-refractivity contribution >= 4 is 29.2 Å². The number of rotatable bonds is 4. The minimum atomic E-state index is -0.883. The summed E-state index contributed by atoms with van der Waals surface area (Å²) in [5.41, 5.74) is 0.538. The van der Waals surface area contributed by atoms with E-state index in [1.807, 2.05) is 0 Å². The second-order valence-electron chi connectivity index (χ2n) is 6.89. The molecule has 0 radical (unpaired) electrons. The lowest BCUT2D eigenvalue weighted by Gasteiger charge is -2.30. The first-order valence-corrected chi connectivity index (χ1v) is 9.01. The highest BCUT2D eigenvalue weighted by Gasteiger charge is 2.46. The van der Waals surface area contributed by atoms with E-state index >= 15 is 0 Å². The fourth-order valence-electron chi connectivity index (χ4n) is 3.58. The van der Waals surface area contributed by atoms with Crippen LogP contribution in [0.15, 0.2) is 41.0 Å². The van der Waals surface area contributed by atoms with Crippen LogP contribution in [-0.4, -0.2) is 60.8 Å². The van der Waals surface area contributed by atoms with E-state index in [2.05, 4.69) is 10.3 Å². The lowest BCUT2D eigenvalue weighted by molar-refractivity contribution is -0.120. The zero-order valence-corrected chi connectivity index (χ0v) is 15.2. The molecule has 2 unspecified atom stereocenters. The van der Waals surface area contributed by atoms with Gasteiger partial charge in [-0.25, -0.2) is 14.1 Å². The molecule has 28 heavy (non-hydrogen) atoms. The molecule has 3 heterocycles. The number of urea groups is 1. The summed E-state index contributed by atoms with van der Waals surface area (Å²) in [5.74, 6) is -1.42. The monoisotopic (exact) mass is 386 g/mol. The van der Waals surface area contributed by atoms with Gasteiger partial charge in [0.25, 0.3) is 11.8 Å². The molecule has 0 aliphatic carbocycles. The van der Waals surface area contributed by atoms with Crippen molar-refractivity contribution in [3.05, 3.63) is 41.9 Å². The van der Waals surface area contributed by atoms with Crippen molar-refractivity contribution in [2.45, 2.75) is 25.0 Å². The molecule has 1 aromatic rings. The van der Waals surface area contributed by atoms with Gasteiger partial charge in [-0.15, -0.1) is 0 Å². The Balaban J connectivity index is 1.55. The number of fused-ring (bicyclic) bond motifs is 1. The molecule has 1 saturated heterocycles. The van der Waals surface area contributed by atoms with E-state index in [-0.39, 0.29) is 23.1 Å². The molecule has 3 aliphatic rings. The van der Waals surface area contributed by atoms with Gasteiger partial charge in [-0.3, -0.25) is 9.59 Å². The van der Waals surface area contributed by atoms with Gasteiger partial charge in [0.05, 0.1) is 23.1 Å². The Labute approximate surface area is 160 Å². The minimum absolute atomic E-state index is 0.0231. The third kappa shape index (κ3) is 3.18. The molecule has 9 heteroatoms. The predicted molar refractivity (Wildman–Crippen MR) is 98.3 cm³/mol. The molecule has 8 nitrogen and oxygen atoms in total. The van der Waals surface area contributed by atoms with E-state index < -0.39 is 29.7 Å². The van der Waals surface area contributed by atoms with Crippen molar-refractivity contribution in [1.82, 2.24) is 10.2 Å². The number of hydrogen-bond donors (Lipinski definition) is 1. The van der Waals surface area contributed by atoms with Crippen molar-refractivity contribution < 1.29 is 23.5 Å². The Kier molecular flexibility index (Phi) is 4.68. The number of likely N-dealkylation sites (N-methyl/N-ethyl adjacent to an activating group) is 1. The Bertz CT molecular complexity index is 890. The normalized spacial score (nSPS) is 24.2. The molecule has 4 amide bonds. The SMILES string of the molecule is CN1C=C(C(=O)NCC2CCCO2)C2=NC(=O)N(c3ccc(F)cc3)C(=O)C21. The first-order chi connectivity index (χ1) is 13.5. The van der Waals surface area contributed by atoms with Crippen LogP contribution in [0.25, 0.3) is 0 Å². The van der Waals surface area contributed by atoms with Crippen LogP contribution in [0.1, 0.15) is 12.8 Å². The van der Waals surface area contributed by atoms with Crippen molar-refractivity contribution in [2.75, 3.05) is 25.1 Å². The number of aliphatic imine (C=N–C) groups is 1. The van der Waals surface area contributed by atoms with Gasteiger partial charge in [-0.05, 0) is 37.1 Å². The summed E-state index contributed by atoms with van der Waals surface area (Å²) < 4.78 is 18.6. The quantitative estimate of drug-likeness (QED) is 0.840. The van der Waals surface area contributed by atoms with Crippen LogP contribution in [0.4, 0.5) is 14.9 Å². The number of nitrogens with zero attached hydrogens (tertiary/aromatic N) is 3. The fourth-order valence-corrected chi connectivity index (χ4v) is 3.58. The third-order valence-corrected chi connectivity index (χ3v) is 4.98. The minimum Gasteiger partial charge on any atom is -0.376 e. The molecule has 1 N–H and O–H groups in total. The second kappa shape index (κ2) is 7.16. The van der Waals surface area contributed by atoms with E-state index in [0.29, 0.717) is 13.2 Å². The summed E-state index contributed by atoms with van der Waals surface area (Å²) in [6.07, 6.45) is 3.33. The maximum absolute atomic E-state index is 13.2. The molecule has 0 aromatic heterocycles. The summed E-state index contributed by atoms with van der Waals surface area (Å²) in [6, 6.07) is 3.31. The first-order valence-electron chi connectivity index (χ1n) is 9.01. The first kappa shape index (κ1) is 18.3. The number of ether oxygens (including phenoxy) is 1. The number of amides is 4. The number of carbonyl (C=O) groups excluding carboxylic acids is 3. The number of halogens is 1. The van der Waals surface area contributed by atoms with Crippen molar-refractivity contribution in [1.29, 1.82) is 0 Å². The van der Waals surface area contributed by atoms with Crippen molar-refractivity contribution in [3.63, 3.8) is 0 Å². The highest BCUT2D eigenvalue weighted by molar-refractivity contribution is 6.39. The highest BCUT2D eigenvalue weighted by atomic mass is 19.1. The van der Waals surface area contributed by atoms with Crippen LogP contribution in [0.2, 0.25) is 0 Å². The molecule has 0 saturated carbocycles. The van der Waals surface area contributed by atoms with Gasteiger partial charge in [-0.1, -0.05) is 0 Å². The maximum Gasteiger partial charge on any atom is 0.355 e. The van der Waals surface area contributed by atoms with Crippen molar-refractivity contribution in [2.24, 2.45) is 4.99 Å². The molecule has 1 fully saturated rings. The Hall–Kier alpha value is -3.07. The average molecular weight is 386 g/mol. The standard InChI is InChI=1S/C19H19FN4O4/c1-23-10-14(17(25)21-9-13-3-2-8-28-13)15-16(23)18(26)24(19(27)22-15)12-6-4-11(20)5-7-12/h4-7,10,13,16H,2-3,8-9H2,1H3,(H,21,25). The lowest BCUT2D eigenvalue weighted by atomic mass is 10.0. The lowest BCUT2D eigenvalue weighted by Crippen LogP contribution is -2.54. The van der Waals surface area contributed by atoms with Gasteiger partial charge in [0, 0.05) is 26.4 Å². The summed E-state index contributed by atoms with van der Waals surface area (Å²) in [6.45, 7) is 1.05. The topological polar surface area (TPSA) is 91.3 Å². The largest absolute Gasteiger partial charge is 0.376 e. The smallest absolute Gasteiger partial charge is 0.355 e. The number of nitrogens with one attached hydrogen (secondary N) is 1. The summed E-state index contributed by atoms with van der Waals surface area (Å²) in [5, 5.41) is 2.78.